The van der Waals surface area contributed by atoms with Crippen molar-refractivity contribution in [3.05, 3.63) is 125 Å². The monoisotopic (exact) mass is 513 g/mol. The van der Waals surface area contributed by atoms with Crippen LogP contribution in [-0.2, 0) is 19.3 Å². The summed E-state index contributed by atoms with van der Waals surface area (Å²) >= 11 is 0. The van der Waals surface area contributed by atoms with Gasteiger partial charge in [-0.3, -0.25) is 0 Å². The SMILES string of the molecule is O=C(O)c1cc(N(Cc2ccc(F)cc2)Cc2ccc(F)cc2)c(Oc2ccccc2)c(C(F)(F)F)c1. The fourth-order valence-corrected chi connectivity index (χ4v) is 3.74. The van der Waals surface area contributed by atoms with E-state index in [1.807, 2.05) is 0 Å². The molecule has 0 fully saturated rings. The molecule has 37 heavy (non-hydrogen) atoms. The highest BCUT2D eigenvalue weighted by Crippen LogP contribution is 2.45. The maximum absolute atomic E-state index is 14.2. The van der Waals surface area contributed by atoms with Crippen molar-refractivity contribution in [3.8, 4) is 11.5 Å². The van der Waals surface area contributed by atoms with Gasteiger partial charge in [-0.05, 0) is 59.7 Å². The lowest BCUT2D eigenvalue weighted by Crippen LogP contribution is -2.24. The molecule has 0 aliphatic rings. The van der Waals surface area contributed by atoms with Gasteiger partial charge in [-0.2, -0.15) is 13.2 Å². The molecule has 0 bridgehead atoms. The molecule has 4 rings (SSSR count). The molecule has 0 heterocycles. The van der Waals surface area contributed by atoms with E-state index in [1.165, 1.54) is 65.6 Å². The quantitative estimate of drug-likeness (QED) is 0.246. The molecule has 4 aromatic carbocycles. The van der Waals surface area contributed by atoms with Crippen LogP contribution in [0.2, 0.25) is 0 Å². The molecular formula is C28H20F5NO3. The van der Waals surface area contributed by atoms with Crippen LogP contribution in [0.3, 0.4) is 0 Å². The molecule has 0 radical (unpaired) electrons. The minimum atomic E-state index is -4.94. The Kier molecular flexibility index (Phi) is 7.42. The number of rotatable bonds is 8. The molecule has 4 nitrogen and oxygen atoms in total. The number of carboxylic acid groups (broad SMARTS) is 1. The predicted molar refractivity (Wildman–Crippen MR) is 128 cm³/mol. The third kappa shape index (κ3) is 6.43. The number of anilines is 1. The van der Waals surface area contributed by atoms with Crippen molar-refractivity contribution in [2.75, 3.05) is 4.90 Å². The van der Waals surface area contributed by atoms with Crippen LogP contribution in [-0.4, -0.2) is 11.1 Å². The van der Waals surface area contributed by atoms with Crippen LogP contribution in [0.1, 0.15) is 27.0 Å². The Hall–Kier alpha value is -4.40. The van der Waals surface area contributed by atoms with Gasteiger partial charge in [0.1, 0.15) is 22.9 Å². The highest BCUT2D eigenvalue weighted by atomic mass is 19.4. The van der Waals surface area contributed by atoms with Gasteiger partial charge in [-0.15, -0.1) is 0 Å². The minimum absolute atomic E-state index is 0.0246. The summed E-state index contributed by atoms with van der Waals surface area (Å²) in [6.07, 6.45) is -4.94. The van der Waals surface area contributed by atoms with Crippen molar-refractivity contribution in [1.29, 1.82) is 0 Å². The lowest BCUT2D eigenvalue weighted by Gasteiger charge is -2.29. The average Bonchev–Trinajstić information content (AvgIpc) is 2.86. The van der Waals surface area contributed by atoms with Crippen LogP contribution in [0, 0.1) is 11.6 Å². The van der Waals surface area contributed by atoms with Gasteiger partial charge in [0, 0.05) is 13.1 Å². The van der Waals surface area contributed by atoms with Crippen LogP contribution in [0.15, 0.2) is 91.0 Å². The highest BCUT2D eigenvalue weighted by Gasteiger charge is 2.38. The Morgan fingerprint density at radius 2 is 1.30 bits per heavy atom. The first kappa shape index (κ1) is 25.7. The second kappa shape index (κ2) is 10.7. The molecule has 0 unspecified atom stereocenters. The van der Waals surface area contributed by atoms with Gasteiger partial charge in [0.15, 0.2) is 5.75 Å². The van der Waals surface area contributed by atoms with Gasteiger partial charge in [-0.1, -0.05) is 42.5 Å². The number of para-hydroxylation sites is 1. The summed E-state index contributed by atoms with van der Waals surface area (Å²) in [7, 11) is 0. The van der Waals surface area contributed by atoms with E-state index in [0.717, 1.165) is 6.07 Å². The van der Waals surface area contributed by atoms with Gasteiger partial charge < -0.3 is 14.7 Å². The van der Waals surface area contributed by atoms with Gasteiger partial charge in [0.05, 0.1) is 11.3 Å². The first-order valence-corrected chi connectivity index (χ1v) is 11.1. The van der Waals surface area contributed by atoms with Crippen LogP contribution < -0.4 is 9.64 Å². The molecule has 0 atom stereocenters. The Balaban J connectivity index is 1.91. The fraction of sp³-hybridized carbons (Fsp3) is 0.107. The molecule has 0 aliphatic heterocycles. The van der Waals surface area contributed by atoms with E-state index in [2.05, 4.69) is 0 Å². The molecule has 0 saturated heterocycles. The number of benzene rings is 4. The van der Waals surface area contributed by atoms with E-state index < -0.39 is 40.7 Å². The predicted octanol–water partition coefficient (Wildman–Crippen LogP) is 7.68. The summed E-state index contributed by atoms with van der Waals surface area (Å²) in [5, 5.41) is 9.59. The summed E-state index contributed by atoms with van der Waals surface area (Å²) in [5.41, 5.74) is -0.919. The first-order chi connectivity index (χ1) is 17.6. The second-order valence-corrected chi connectivity index (χ2v) is 8.20. The van der Waals surface area contributed by atoms with Crippen molar-refractivity contribution in [3.63, 3.8) is 0 Å². The van der Waals surface area contributed by atoms with Gasteiger partial charge in [0.2, 0.25) is 0 Å². The van der Waals surface area contributed by atoms with Crippen molar-refractivity contribution < 1.29 is 36.6 Å². The Bertz CT molecular complexity index is 1320. The molecule has 0 amide bonds. The van der Waals surface area contributed by atoms with Crippen LogP contribution in [0.5, 0.6) is 11.5 Å². The maximum Gasteiger partial charge on any atom is 0.420 e. The van der Waals surface area contributed by atoms with Crippen molar-refractivity contribution in [1.82, 2.24) is 0 Å². The van der Waals surface area contributed by atoms with Gasteiger partial charge in [0.25, 0.3) is 0 Å². The first-order valence-electron chi connectivity index (χ1n) is 11.1. The molecule has 4 aromatic rings. The number of carbonyl (C=O) groups is 1. The maximum atomic E-state index is 14.2. The molecule has 0 saturated carbocycles. The lowest BCUT2D eigenvalue weighted by atomic mass is 10.0. The molecule has 1 N–H and O–H groups in total. The smallest absolute Gasteiger partial charge is 0.420 e. The number of hydrogen-bond acceptors (Lipinski definition) is 3. The summed E-state index contributed by atoms with van der Waals surface area (Å²) in [4.78, 5) is 13.3. The van der Waals surface area contributed by atoms with E-state index in [-0.39, 0.29) is 24.5 Å². The molecule has 0 aromatic heterocycles. The molecule has 9 heteroatoms. The summed E-state index contributed by atoms with van der Waals surface area (Å²) in [5.74, 6) is -3.02. The molecular weight excluding hydrogens is 493 g/mol. The summed E-state index contributed by atoms with van der Waals surface area (Å²) in [6, 6.07) is 20.1. The fourth-order valence-electron chi connectivity index (χ4n) is 3.74. The van der Waals surface area contributed by atoms with Gasteiger partial charge in [-0.25, -0.2) is 13.6 Å². The topological polar surface area (TPSA) is 49.8 Å². The zero-order chi connectivity index (χ0) is 26.6. The van der Waals surface area contributed by atoms with E-state index in [0.29, 0.717) is 17.2 Å². The second-order valence-electron chi connectivity index (χ2n) is 8.20. The van der Waals surface area contributed by atoms with E-state index in [1.54, 1.807) is 18.2 Å². The number of nitrogens with zero attached hydrogens (tertiary/aromatic N) is 1. The third-order valence-corrected chi connectivity index (χ3v) is 5.50. The molecule has 0 aliphatic carbocycles. The zero-order valence-corrected chi connectivity index (χ0v) is 19.2. The zero-order valence-electron chi connectivity index (χ0n) is 19.2. The van der Waals surface area contributed by atoms with Crippen molar-refractivity contribution in [2.45, 2.75) is 19.3 Å². The van der Waals surface area contributed by atoms with Crippen molar-refractivity contribution >= 4 is 11.7 Å². The van der Waals surface area contributed by atoms with Crippen LogP contribution >= 0.6 is 0 Å². The van der Waals surface area contributed by atoms with Crippen LogP contribution in [0.25, 0.3) is 0 Å². The summed E-state index contributed by atoms with van der Waals surface area (Å²) < 4.78 is 75.3. The number of ether oxygens (including phenoxy) is 1. The Morgan fingerprint density at radius 3 is 1.76 bits per heavy atom. The Morgan fingerprint density at radius 1 is 0.784 bits per heavy atom. The van der Waals surface area contributed by atoms with E-state index >= 15 is 0 Å². The van der Waals surface area contributed by atoms with Crippen LogP contribution in [0.4, 0.5) is 27.6 Å². The lowest BCUT2D eigenvalue weighted by molar-refractivity contribution is -0.138. The number of carboxylic acids is 1. The van der Waals surface area contributed by atoms with E-state index in [4.69, 9.17) is 4.74 Å². The van der Waals surface area contributed by atoms with E-state index in [9.17, 15) is 31.9 Å². The number of aromatic carboxylic acids is 1. The largest absolute Gasteiger partial charge is 0.478 e. The number of hydrogen-bond donors (Lipinski definition) is 1. The number of halogens is 5. The third-order valence-electron chi connectivity index (χ3n) is 5.50. The summed E-state index contributed by atoms with van der Waals surface area (Å²) in [6.45, 7) is -0.0493. The normalized spacial score (nSPS) is 11.3. The standard InChI is InChI=1S/C28H20F5NO3/c29-21-10-6-18(7-11-21)16-34(17-19-8-12-22(30)13-9-19)25-15-20(27(35)36)14-24(28(31,32)33)26(25)37-23-4-2-1-3-5-23/h1-15H,16-17H2,(H,35,36). The average molecular weight is 513 g/mol. The Labute approximate surface area is 209 Å². The van der Waals surface area contributed by atoms with Crippen molar-refractivity contribution in [2.24, 2.45) is 0 Å². The molecule has 190 valence electrons. The highest BCUT2D eigenvalue weighted by molar-refractivity contribution is 5.90. The minimum Gasteiger partial charge on any atom is -0.478 e. The molecule has 0 spiro atoms. The van der Waals surface area contributed by atoms with Gasteiger partial charge >= 0.3 is 12.1 Å². The number of alkyl halides is 3.